The van der Waals surface area contributed by atoms with Crippen LogP contribution in [-0.4, -0.2) is 28.4 Å². The van der Waals surface area contributed by atoms with Crippen LogP contribution in [0.1, 0.15) is 21.6 Å². The Bertz CT molecular complexity index is 1330. The van der Waals surface area contributed by atoms with Gasteiger partial charge in [-0.1, -0.05) is 35.3 Å². The van der Waals surface area contributed by atoms with Gasteiger partial charge in [-0.15, -0.1) is 0 Å². The summed E-state index contributed by atoms with van der Waals surface area (Å²) in [7, 11) is 1.55. The van der Waals surface area contributed by atoms with Crippen molar-refractivity contribution >= 4 is 51.6 Å². The first-order valence-electron chi connectivity index (χ1n) is 9.76. The SMILES string of the molecule is COc1ccc2c(c1)c(C(=O)C(=O)Nc1ccccn1)c(C)n2Cc1ccc(Cl)cc1Cl. The molecule has 4 aromatic rings. The van der Waals surface area contributed by atoms with Crippen molar-refractivity contribution in [3.63, 3.8) is 0 Å². The van der Waals surface area contributed by atoms with Crippen LogP contribution in [0.4, 0.5) is 5.82 Å². The maximum Gasteiger partial charge on any atom is 0.298 e. The maximum atomic E-state index is 13.2. The standard InChI is InChI=1S/C24H19Cl2N3O3/c1-14-22(23(30)24(31)28-21-5-3-4-10-27-21)18-12-17(32-2)8-9-20(18)29(14)13-15-6-7-16(25)11-19(15)26/h3-12H,13H2,1-2H3,(H,27,28,31). The van der Waals surface area contributed by atoms with Gasteiger partial charge in [0.2, 0.25) is 0 Å². The predicted molar refractivity (Wildman–Crippen MR) is 126 cm³/mol. The molecule has 0 bridgehead atoms. The van der Waals surface area contributed by atoms with E-state index in [4.69, 9.17) is 27.9 Å². The average Bonchev–Trinajstić information content (AvgIpc) is 3.06. The number of ether oxygens (including phenoxy) is 1. The smallest absolute Gasteiger partial charge is 0.298 e. The number of aromatic nitrogens is 2. The zero-order chi connectivity index (χ0) is 22.8. The highest BCUT2D eigenvalue weighted by Crippen LogP contribution is 2.32. The van der Waals surface area contributed by atoms with Gasteiger partial charge in [-0.3, -0.25) is 9.59 Å². The Kier molecular flexibility index (Phi) is 6.17. The van der Waals surface area contributed by atoms with Crippen LogP contribution in [0, 0.1) is 6.92 Å². The summed E-state index contributed by atoms with van der Waals surface area (Å²) < 4.78 is 7.30. The fourth-order valence-corrected chi connectivity index (χ4v) is 4.09. The number of Topliss-reactive ketones (excluding diaryl/α,β-unsaturated/α-hetero) is 1. The number of hydrogen-bond donors (Lipinski definition) is 1. The molecule has 0 aliphatic rings. The molecule has 8 heteroatoms. The number of fused-ring (bicyclic) bond motifs is 1. The van der Waals surface area contributed by atoms with Crippen molar-refractivity contribution in [2.45, 2.75) is 13.5 Å². The van der Waals surface area contributed by atoms with Gasteiger partial charge in [0.1, 0.15) is 11.6 Å². The summed E-state index contributed by atoms with van der Waals surface area (Å²) in [5, 5.41) is 4.24. The minimum absolute atomic E-state index is 0.303. The second kappa shape index (κ2) is 9.02. The van der Waals surface area contributed by atoms with Gasteiger partial charge in [-0.05, 0) is 55.0 Å². The summed E-state index contributed by atoms with van der Waals surface area (Å²) in [6.45, 7) is 2.21. The molecule has 2 aromatic carbocycles. The van der Waals surface area contributed by atoms with E-state index in [2.05, 4.69) is 10.3 Å². The first-order chi connectivity index (χ1) is 15.4. The van der Waals surface area contributed by atoms with Crippen LogP contribution in [0.2, 0.25) is 10.0 Å². The van der Waals surface area contributed by atoms with Crippen LogP contribution in [-0.2, 0) is 11.3 Å². The predicted octanol–water partition coefficient (Wildman–Crippen LogP) is 5.53. The molecule has 0 saturated heterocycles. The third-order valence-electron chi connectivity index (χ3n) is 5.21. The van der Waals surface area contributed by atoms with Crippen molar-refractivity contribution in [1.29, 1.82) is 0 Å². The highest BCUT2D eigenvalue weighted by Gasteiger charge is 2.26. The monoisotopic (exact) mass is 467 g/mol. The van der Waals surface area contributed by atoms with Crippen LogP contribution in [0.25, 0.3) is 10.9 Å². The molecule has 0 atom stereocenters. The minimum Gasteiger partial charge on any atom is -0.497 e. The fraction of sp³-hybridized carbons (Fsp3) is 0.125. The summed E-state index contributed by atoms with van der Waals surface area (Å²) in [5.41, 5.74) is 2.56. The number of ketones is 1. The molecule has 0 radical (unpaired) electrons. The topological polar surface area (TPSA) is 73.2 Å². The van der Waals surface area contributed by atoms with E-state index < -0.39 is 11.7 Å². The number of rotatable bonds is 6. The van der Waals surface area contributed by atoms with Crippen molar-refractivity contribution in [3.05, 3.63) is 87.7 Å². The maximum absolute atomic E-state index is 13.2. The molecule has 1 N–H and O–H groups in total. The van der Waals surface area contributed by atoms with Gasteiger partial charge >= 0.3 is 0 Å². The molecule has 0 aliphatic heterocycles. The van der Waals surface area contributed by atoms with E-state index in [-0.39, 0.29) is 0 Å². The third-order valence-corrected chi connectivity index (χ3v) is 5.80. The summed E-state index contributed by atoms with van der Waals surface area (Å²) in [6.07, 6.45) is 1.54. The van der Waals surface area contributed by atoms with Gasteiger partial charge in [-0.25, -0.2) is 4.98 Å². The molecule has 2 heterocycles. The molecule has 0 aliphatic carbocycles. The molecule has 32 heavy (non-hydrogen) atoms. The summed E-state index contributed by atoms with van der Waals surface area (Å²) in [5.74, 6) is -0.540. The molecule has 0 saturated carbocycles. The van der Waals surface area contributed by atoms with E-state index in [1.54, 1.807) is 50.4 Å². The molecule has 0 spiro atoms. The van der Waals surface area contributed by atoms with E-state index in [1.807, 2.05) is 22.8 Å². The number of benzene rings is 2. The van der Waals surface area contributed by atoms with E-state index in [9.17, 15) is 9.59 Å². The van der Waals surface area contributed by atoms with Crippen LogP contribution < -0.4 is 10.1 Å². The Morgan fingerprint density at radius 1 is 1.09 bits per heavy atom. The van der Waals surface area contributed by atoms with Crippen molar-refractivity contribution in [3.8, 4) is 5.75 Å². The average molecular weight is 468 g/mol. The van der Waals surface area contributed by atoms with Crippen molar-refractivity contribution in [1.82, 2.24) is 9.55 Å². The third kappa shape index (κ3) is 4.20. The lowest BCUT2D eigenvalue weighted by Gasteiger charge is -2.11. The van der Waals surface area contributed by atoms with Crippen LogP contribution in [0.5, 0.6) is 5.75 Å². The van der Waals surface area contributed by atoms with Crippen LogP contribution >= 0.6 is 23.2 Å². The molecule has 0 unspecified atom stereocenters. The highest BCUT2D eigenvalue weighted by molar-refractivity contribution is 6.48. The van der Waals surface area contributed by atoms with Crippen molar-refractivity contribution < 1.29 is 14.3 Å². The van der Waals surface area contributed by atoms with Crippen LogP contribution in [0.15, 0.2) is 60.8 Å². The fourth-order valence-electron chi connectivity index (χ4n) is 3.62. The van der Waals surface area contributed by atoms with Gasteiger partial charge in [-0.2, -0.15) is 0 Å². The minimum atomic E-state index is -0.766. The Hall–Kier alpha value is -3.35. The zero-order valence-electron chi connectivity index (χ0n) is 17.4. The highest BCUT2D eigenvalue weighted by atomic mass is 35.5. The Balaban J connectivity index is 1.80. The summed E-state index contributed by atoms with van der Waals surface area (Å²) in [6, 6.07) is 15.8. The number of nitrogens with zero attached hydrogens (tertiary/aromatic N) is 2. The van der Waals surface area contributed by atoms with Crippen LogP contribution in [0.3, 0.4) is 0 Å². The summed E-state index contributed by atoms with van der Waals surface area (Å²) >= 11 is 12.4. The first kappa shape index (κ1) is 21.9. The Morgan fingerprint density at radius 3 is 2.59 bits per heavy atom. The summed E-state index contributed by atoms with van der Waals surface area (Å²) in [4.78, 5) is 30.0. The number of methoxy groups -OCH3 is 1. The first-order valence-corrected chi connectivity index (χ1v) is 10.5. The number of carbonyl (C=O) groups is 2. The lowest BCUT2D eigenvalue weighted by Crippen LogP contribution is -2.24. The molecular weight excluding hydrogens is 449 g/mol. The number of nitrogens with one attached hydrogen (secondary N) is 1. The van der Waals surface area contributed by atoms with E-state index in [0.717, 1.165) is 11.1 Å². The molecule has 4 rings (SSSR count). The molecule has 2 aromatic heterocycles. The molecule has 6 nitrogen and oxygen atoms in total. The Labute approximate surface area is 194 Å². The lowest BCUT2D eigenvalue weighted by atomic mass is 10.1. The van der Waals surface area contributed by atoms with Gasteiger partial charge < -0.3 is 14.6 Å². The van der Waals surface area contributed by atoms with Gasteiger partial charge in [0.15, 0.2) is 0 Å². The Morgan fingerprint density at radius 2 is 1.91 bits per heavy atom. The van der Waals surface area contributed by atoms with Gasteiger partial charge in [0, 0.05) is 39.4 Å². The van der Waals surface area contributed by atoms with Crippen molar-refractivity contribution in [2.75, 3.05) is 12.4 Å². The molecule has 0 fully saturated rings. The van der Waals surface area contributed by atoms with E-state index in [1.165, 1.54) is 6.20 Å². The lowest BCUT2D eigenvalue weighted by molar-refractivity contribution is -0.112. The molecule has 1 amide bonds. The van der Waals surface area contributed by atoms with Gasteiger partial charge in [0.25, 0.3) is 11.7 Å². The number of amides is 1. The largest absolute Gasteiger partial charge is 0.497 e. The second-order valence-electron chi connectivity index (χ2n) is 7.16. The second-order valence-corrected chi connectivity index (χ2v) is 8.01. The zero-order valence-corrected chi connectivity index (χ0v) is 18.9. The van der Waals surface area contributed by atoms with E-state index >= 15 is 0 Å². The van der Waals surface area contributed by atoms with Crippen molar-refractivity contribution in [2.24, 2.45) is 0 Å². The number of carbonyl (C=O) groups excluding carboxylic acids is 2. The number of hydrogen-bond acceptors (Lipinski definition) is 4. The number of pyridine rings is 1. The molecule has 162 valence electrons. The van der Waals surface area contributed by atoms with E-state index in [0.29, 0.717) is 44.8 Å². The number of anilines is 1. The normalized spacial score (nSPS) is 10.9. The quantitative estimate of drug-likeness (QED) is 0.298. The van der Waals surface area contributed by atoms with Gasteiger partial charge in [0.05, 0.1) is 12.7 Å². The number of halogens is 2. The molecular formula is C24H19Cl2N3O3.